The molecule has 0 radical (unpaired) electrons. The molecule has 16 heteroatoms. The number of aryl methyl sites for hydroxylation is 2. The average Bonchev–Trinajstić information content (AvgIpc) is 3.13. The number of ether oxygens (including phenoxy) is 1. The van der Waals surface area contributed by atoms with E-state index in [0.29, 0.717) is 22.0 Å². The van der Waals surface area contributed by atoms with Crippen LogP contribution < -0.4 is 26.3 Å². The SMILES string of the molecule is Cc1cccc(C)c1N=C(N)SCc1ccc(S(=O)(=O)Nc2ccc(F)c(C(N=C(N)c3ccc(C=[NH2+])cc3)=Nc3ccc(OC(F)(F)F)cc3)c2)cc1. The van der Waals surface area contributed by atoms with Gasteiger partial charge in [-0.25, -0.2) is 27.8 Å². The van der Waals surface area contributed by atoms with Crippen LogP contribution in [0.25, 0.3) is 0 Å². The minimum Gasteiger partial charge on any atom is -0.406 e. The van der Waals surface area contributed by atoms with Crippen molar-refractivity contribution in [2.75, 3.05) is 4.72 Å². The van der Waals surface area contributed by atoms with Crippen LogP contribution in [0.4, 0.5) is 34.6 Å². The van der Waals surface area contributed by atoms with E-state index in [2.05, 4.69) is 24.4 Å². The fraction of sp³-hybridized carbons (Fsp3) is 0.105. The fourth-order valence-corrected chi connectivity index (χ4v) is 6.67. The molecule has 0 heterocycles. The predicted octanol–water partition coefficient (Wildman–Crippen LogP) is 6.68. The van der Waals surface area contributed by atoms with E-state index in [9.17, 15) is 21.6 Å². The number of thioether (sulfide) groups is 1. The molecule has 0 amide bonds. The summed E-state index contributed by atoms with van der Waals surface area (Å²) in [5, 5.41) is 5.92. The zero-order chi connectivity index (χ0) is 39.0. The minimum absolute atomic E-state index is 0.0280. The normalized spacial score (nSPS) is 12.7. The number of sulfonamides is 1. The van der Waals surface area contributed by atoms with Gasteiger partial charge >= 0.3 is 6.36 Å². The van der Waals surface area contributed by atoms with Crippen molar-refractivity contribution in [3.63, 3.8) is 0 Å². The smallest absolute Gasteiger partial charge is 0.406 e. The number of anilines is 1. The minimum atomic E-state index is -4.91. The van der Waals surface area contributed by atoms with Gasteiger partial charge in [-0.05, 0) is 97.3 Å². The van der Waals surface area contributed by atoms with E-state index in [1.54, 1.807) is 36.4 Å². The standard InChI is InChI=1S/C38H33F4N7O3S2/c1-23-4-3-5-24(2)34(23)47-37(45)53-22-26-8-17-31(18-9-26)54(50,51)49-29-14-19-33(39)32(20-29)36(48-35(44)27-10-6-25(21-43)7-11-27)46-28-12-15-30(16-13-28)52-38(40,41)42/h3-21,43,49H,22H2,1-2H3,(H2,45,47)(H2,44,46,48)/p+1. The summed E-state index contributed by atoms with van der Waals surface area (Å²) in [4.78, 5) is 13.1. The Morgan fingerprint density at radius 3 is 2.15 bits per heavy atom. The van der Waals surface area contributed by atoms with E-state index in [1.165, 1.54) is 54.4 Å². The molecule has 0 atom stereocenters. The molecule has 0 saturated carbocycles. The van der Waals surface area contributed by atoms with Crippen molar-refractivity contribution >= 4 is 61.9 Å². The Balaban J connectivity index is 1.40. The molecule has 0 aliphatic rings. The van der Waals surface area contributed by atoms with E-state index in [0.717, 1.165) is 40.6 Å². The molecule has 0 spiro atoms. The summed E-state index contributed by atoms with van der Waals surface area (Å²) >= 11 is 1.31. The Labute approximate surface area is 313 Å². The number of rotatable bonds is 11. The van der Waals surface area contributed by atoms with Crippen LogP contribution in [0.5, 0.6) is 5.75 Å². The van der Waals surface area contributed by atoms with Crippen LogP contribution in [0.1, 0.15) is 33.4 Å². The zero-order valence-corrected chi connectivity index (χ0v) is 30.4. The average molecular weight is 777 g/mol. The van der Waals surface area contributed by atoms with Gasteiger partial charge in [-0.1, -0.05) is 54.2 Å². The highest BCUT2D eigenvalue weighted by atomic mass is 32.2. The number of amidine groups is 3. The molecule has 5 rings (SSSR count). The monoisotopic (exact) mass is 776 g/mol. The first-order chi connectivity index (χ1) is 25.6. The summed E-state index contributed by atoms with van der Waals surface area (Å²) in [6, 6.07) is 26.5. The van der Waals surface area contributed by atoms with Gasteiger partial charge in [0.05, 0.1) is 21.8 Å². The highest BCUT2D eigenvalue weighted by molar-refractivity contribution is 8.13. The first kappa shape index (κ1) is 39.2. The highest BCUT2D eigenvalue weighted by Crippen LogP contribution is 2.28. The maximum absolute atomic E-state index is 15.5. The molecule has 7 N–H and O–H groups in total. The lowest BCUT2D eigenvalue weighted by molar-refractivity contribution is -0.274. The summed E-state index contributed by atoms with van der Waals surface area (Å²) < 4.78 is 86.8. The Kier molecular flexibility index (Phi) is 12.2. The first-order valence-electron chi connectivity index (χ1n) is 16.0. The number of aliphatic imine (C=N–C) groups is 3. The molecular formula is C38H34F4N7O3S2+. The molecule has 0 saturated heterocycles. The van der Waals surface area contributed by atoms with Gasteiger partial charge in [0.2, 0.25) is 0 Å². The van der Waals surface area contributed by atoms with E-state index < -0.39 is 28.0 Å². The molecule has 5 aromatic carbocycles. The number of hydrogen-bond acceptors (Lipinski definition) is 6. The van der Waals surface area contributed by atoms with E-state index >= 15 is 4.39 Å². The van der Waals surface area contributed by atoms with Gasteiger partial charge in [0, 0.05) is 22.6 Å². The van der Waals surface area contributed by atoms with Gasteiger partial charge in [0.1, 0.15) is 17.4 Å². The second kappa shape index (κ2) is 16.8. The molecule has 0 unspecified atom stereocenters. The van der Waals surface area contributed by atoms with Gasteiger partial charge < -0.3 is 16.2 Å². The Morgan fingerprint density at radius 1 is 0.889 bits per heavy atom. The zero-order valence-electron chi connectivity index (χ0n) is 28.8. The second-order valence-electron chi connectivity index (χ2n) is 11.7. The third-order valence-corrected chi connectivity index (χ3v) is 9.93. The van der Waals surface area contributed by atoms with E-state index in [1.807, 2.05) is 32.0 Å². The van der Waals surface area contributed by atoms with Crippen LogP contribution in [0.15, 0.2) is 129 Å². The second-order valence-corrected chi connectivity index (χ2v) is 14.4. The molecule has 0 fully saturated rings. The summed E-state index contributed by atoms with van der Waals surface area (Å²) in [5.41, 5.74) is 16.9. The number of hydrogen-bond donors (Lipinski definition) is 4. The van der Waals surface area contributed by atoms with Crippen LogP contribution in [-0.4, -0.2) is 37.8 Å². The van der Waals surface area contributed by atoms with Crippen molar-refractivity contribution in [1.29, 1.82) is 0 Å². The molecular weight excluding hydrogens is 743 g/mol. The van der Waals surface area contributed by atoms with Crippen molar-refractivity contribution in [3.05, 3.63) is 148 Å². The Morgan fingerprint density at radius 2 is 1.54 bits per heavy atom. The third kappa shape index (κ3) is 10.5. The van der Waals surface area contributed by atoms with Crippen LogP contribution in [0.2, 0.25) is 0 Å². The molecule has 0 bridgehead atoms. The number of nitrogens with zero attached hydrogens (tertiary/aromatic N) is 3. The van der Waals surface area contributed by atoms with Crippen LogP contribution >= 0.6 is 11.8 Å². The molecule has 5 aromatic rings. The van der Waals surface area contributed by atoms with Crippen molar-refractivity contribution < 1.29 is 36.1 Å². The summed E-state index contributed by atoms with van der Waals surface area (Å²) in [5.74, 6) is -1.28. The van der Waals surface area contributed by atoms with Crippen LogP contribution in [-0.2, 0) is 15.8 Å². The van der Waals surface area contributed by atoms with Gasteiger partial charge in [-0.2, -0.15) is 0 Å². The topological polar surface area (TPSA) is 170 Å². The van der Waals surface area contributed by atoms with Crippen molar-refractivity contribution in [2.24, 2.45) is 26.4 Å². The Hall–Kier alpha value is -6.00. The number of para-hydroxylation sites is 1. The maximum Gasteiger partial charge on any atom is 0.573 e. The molecule has 54 heavy (non-hydrogen) atoms. The summed E-state index contributed by atoms with van der Waals surface area (Å²) in [6.45, 7) is 3.90. The predicted molar refractivity (Wildman–Crippen MR) is 206 cm³/mol. The number of nitrogens with two attached hydrogens (primary N) is 3. The van der Waals surface area contributed by atoms with E-state index in [4.69, 9.17) is 16.9 Å². The number of halogens is 4. The number of alkyl halides is 3. The molecule has 278 valence electrons. The number of nitrogens with one attached hydrogen (secondary N) is 1. The largest absolute Gasteiger partial charge is 0.573 e. The van der Waals surface area contributed by atoms with Crippen molar-refractivity contribution in [3.8, 4) is 5.75 Å². The quantitative estimate of drug-likeness (QED) is 0.0663. The number of benzene rings is 5. The van der Waals surface area contributed by atoms with Gasteiger partial charge in [-0.3, -0.25) is 10.1 Å². The van der Waals surface area contributed by atoms with Gasteiger partial charge in [0.15, 0.2) is 17.2 Å². The lowest BCUT2D eigenvalue weighted by Gasteiger charge is -2.12. The van der Waals surface area contributed by atoms with Crippen LogP contribution in [0, 0.1) is 19.7 Å². The lowest BCUT2D eigenvalue weighted by Crippen LogP contribution is -2.29. The van der Waals surface area contributed by atoms with E-state index in [-0.39, 0.29) is 33.5 Å². The molecule has 0 aliphatic carbocycles. The molecule has 0 aromatic heterocycles. The van der Waals surface area contributed by atoms with Crippen molar-refractivity contribution in [1.82, 2.24) is 0 Å². The summed E-state index contributed by atoms with van der Waals surface area (Å²) in [6.07, 6.45) is -3.53. The van der Waals surface area contributed by atoms with Gasteiger partial charge in [0.25, 0.3) is 10.0 Å². The third-order valence-electron chi connectivity index (χ3n) is 7.67. The molecule has 0 aliphatic heterocycles. The Bertz CT molecular complexity index is 2330. The fourth-order valence-electron chi connectivity index (χ4n) is 4.95. The summed E-state index contributed by atoms with van der Waals surface area (Å²) in [7, 11) is -4.17. The van der Waals surface area contributed by atoms with Crippen molar-refractivity contribution in [2.45, 2.75) is 30.9 Å². The van der Waals surface area contributed by atoms with Crippen LogP contribution in [0.3, 0.4) is 0 Å². The lowest BCUT2D eigenvalue weighted by atomic mass is 10.1. The van der Waals surface area contributed by atoms with Gasteiger partial charge in [-0.15, -0.1) is 13.2 Å². The molecule has 10 nitrogen and oxygen atoms in total. The first-order valence-corrected chi connectivity index (χ1v) is 18.5. The maximum atomic E-state index is 15.5. The highest BCUT2D eigenvalue weighted by Gasteiger charge is 2.31.